The van der Waals surface area contributed by atoms with Gasteiger partial charge in [0, 0.05) is 13.5 Å². The van der Waals surface area contributed by atoms with E-state index in [1.165, 1.54) is 0 Å². The molecule has 106 valence electrons. The lowest BCUT2D eigenvalue weighted by Gasteiger charge is -2.14. The Labute approximate surface area is 117 Å². The Morgan fingerprint density at radius 3 is 2.65 bits per heavy atom. The summed E-state index contributed by atoms with van der Waals surface area (Å²) >= 11 is 0. The van der Waals surface area contributed by atoms with Crippen LogP contribution in [0.1, 0.15) is 29.5 Å². The van der Waals surface area contributed by atoms with Crippen molar-refractivity contribution in [1.29, 1.82) is 0 Å². The Morgan fingerprint density at radius 2 is 1.95 bits per heavy atom. The monoisotopic (exact) mass is 274 g/mol. The number of aliphatic hydroxyl groups excluding tert-OH is 1. The van der Waals surface area contributed by atoms with E-state index < -0.39 is 6.10 Å². The molecule has 5 heteroatoms. The molecule has 0 amide bonds. The largest absolute Gasteiger partial charge is 0.490 e. The van der Waals surface area contributed by atoms with Crippen molar-refractivity contribution in [3.8, 4) is 11.5 Å². The van der Waals surface area contributed by atoms with Crippen LogP contribution in [0.5, 0.6) is 11.5 Å². The van der Waals surface area contributed by atoms with Crippen molar-refractivity contribution >= 4 is 0 Å². The predicted molar refractivity (Wildman–Crippen MR) is 74.1 cm³/mol. The molecule has 0 radical (unpaired) electrons. The second kappa shape index (κ2) is 5.17. The highest BCUT2D eigenvalue weighted by Crippen LogP contribution is 2.34. The summed E-state index contributed by atoms with van der Waals surface area (Å²) in [6.45, 7) is 3.21. The average Bonchev–Trinajstić information content (AvgIpc) is 2.65. The topological polar surface area (TPSA) is 56.5 Å². The zero-order valence-corrected chi connectivity index (χ0v) is 11.7. The first kappa shape index (κ1) is 13.0. The van der Waals surface area contributed by atoms with Crippen LogP contribution < -0.4 is 9.47 Å². The summed E-state index contributed by atoms with van der Waals surface area (Å²) in [4.78, 5) is 0. The van der Waals surface area contributed by atoms with Gasteiger partial charge in [-0.1, -0.05) is 6.07 Å². The SMILES string of the molecule is Cc1cc(C(O)c2ccc3c(c2)OCCCO3)n(C)n1. The molecule has 1 aliphatic heterocycles. The molecule has 1 aliphatic rings. The Bertz CT molecular complexity index is 622. The Hall–Kier alpha value is -2.01. The minimum atomic E-state index is -0.724. The van der Waals surface area contributed by atoms with E-state index in [4.69, 9.17) is 9.47 Å². The molecule has 1 aromatic heterocycles. The smallest absolute Gasteiger partial charge is 0.161 e. The maximum absolute atomic E-state index is 10.5. The molecule has 0 aliphatic carbocycles. The van der Waals surface area contributed by atoms with Crippen LogP contribution in [-0.4, -0.2) is 28.1 Å². The third-order valence-electron chi connectivity index (χ3n) is 3.41. The minimum absolute atomic E-state index is 0.636. The molecule has 1 N–H and O–H groups in total. The van der Waals surface area contributed by atoms with Crippen LogP contribution in [0.2, 0.25) is 0 Å². The quantitative estimate of drug-likeness (QED) is 0.909. The molecule has 1 aromatic carbocycles. The van der Waals surface area contributed by atoms with Crippen molar-refractivity contribution in [2.45, 2.75) is 19.4 Å². The average molecular weight is 274 g/mol. The van der Waals surface area contributed by atoms with Gasteiger partial charge in [0.2, 0.25) is 0 Å². The van der Waals surface area contributed by atoms with Gasteiger partial charge in [-0.15, -0.1) is 0 Å². The highest BCUT2D eigenvalue weighted by molar-refractivity contribution is 5.45. The van der Waals surface area contributed by atoms with E-state index in [0.29, 0.717) is 19.0 Å². The maximum Gasteiger partial charge on any atom is 0.161 e. The summed E-state index contributed by atoms with van der Waals surface area (Å²) < 4.78 is 12.9. The highest BCUT2D eigenvalue weighted by Gasteiger charge is 2.18. The second-order valence-corrected chi connectivity index (χ2v) is 4.99. The number of fused-ring (bicyclic) bond motifs is 1. The lowest BCUT2D eigenvalue weighted by atomic mass is 10.1. The lowest BCUT2D eigenvalue weighted by molar-refractivity contribution is 0.209. The summed E-state index contributed by atoms with van der Waals surface area (Å²) in [6, 6.07) is 7.43. The standard InChI is InChI=1S/C15H18N2O3/c1-10-8-12(17(2)16-10)15(18)11-4-5-13-14(9-11)20-7-3-6-19-13/h4-5,8-9,15,18H,3,6-7H2,1-2H3. The number of benzene rings is 1. The maximum atomic E-state index is 10.5. The van der Waals surface area contributed by atoms with E-state index in [1.807, 2.05) is 38.2 Å². The number of aryl methyl sites for hydroxylation is 2. The Morgan fingerprint density at radius 1 is 1.20 bits per heavy atom. The molecule has 0 spiro atoms. The first-order valence-electron chi connectivity index (χ1n) is 6.73. The molecule has 0 saturated heterocycles. The van der Waals surface area contributed by atoms with Crippen molar-refractivity contribution in [3.63, 3.8) is 0 Å². The highest BCUT2D eigenvalue weighted by atomic mass is 16.5. The molecular formula is C15H18N2O3. The van der Waals surface area contributed by atoms with Gasteiger partial charge in [0.25, 0.3) is 0 Å². The first-order chi connectivity index (χ1) is 9.65. The van der Waals surface area contributed by atoms with Crippen LogP contribution in [-0.2, 0) is 7.05 Å². The summed E-state index contributed by atoms with van der Waals surface area (Å²) in [5.74, 6) is 1.43. The molecule has 0 saturated carbocycles. The molecule has 1 atom stereocenters. The minimum Gasteiger partial charge on any atom is -0.490 e. The number of hydrogen-bond acceptors (Lipinski definition) is 4. The molecule has 0 fully saturated rings. The predicted octanol–water partition coefficient (Wildman–Crippen LogP) is 1.97. The summed E-state index contributed by atoms with van der Waals surface area (Å²) in [5, 5.41) is 14.8. The van der Waals surface area contributed by atoms with E-state index >= 15 is 0 Å². The van der Waals surface area contributed by atoms with Crippen molar-refractivity contribution in [1.82, 2.24) is 9.78 Å². The molecular weight excluding hydrogens is 256 g/mol. The van der Waals surface area contributed by atoms with Gasteiger partial charge in [-0.3, -0.25) is 4.68 Å². The summed E-state index contributed by atoms with van der Waals surface area (Å²) in [5.41, 5.74) is 2.42. The fraction of sp³-hybridized carbons (Fsp3) is 0.400. The van der Waals surface area contributed by atoms with Crippen molar-refractivity contribution < 1.29 is 14.6 Å². The van der Waals surface area contributed by atoms with E-state index in [1.54, 1.807) is 4.68 Å². The van der Waals surface area contributed by atoms with Crippen LogP contribution >= 0.6 is 0 Å². The van der Waals surface area contributed by atoms with Crippen molar-refractivity contribution in [3.05, 3.63) is 41.2 Å². The number of hydrogen-bond donors (Lipinski definition) is 1. The normalized spacial score (nSPS) is 15.8. The Kier molecular flexibility index (Phi) is 3.36. The number of nitrogens with zero attached hydrogens (tertiary/aromatic N) is 2. The van der Waals surface area contributed by atoms with Crippen LogP contribution in [0.25, 0.3) is 0 Å². The van der Waals surface area contributed by atoms with E-state index in [0.717, 1.165) is 29.1 Å². The van der Waals surface area contributed by atoms with Crippen LogP contribution in [0.15, 0.2) is 24.3 Å². The molecule has 5 nitrogen and oxygen atoms in total. The molecule has 1 unspecified atom stereocenters. The van der Waals surface area contributed by atoms with Gasteiger partial charge in [-0.25, -0.2) is 0 Å². The van der Waals surface area contributed by atoms with Gasteiger partial charge in [0.05, 0.1) is 24.6 Å². The fourth-order valence-corrected chi connectivity index (χ4v) is 2.41. The third kappa shape index (κ3) is 2.36. The van der Waals surface area contributed by atoms with Gasteiger partial charge in [0.1, 0.15) is 6.10 Å². The van der Waals surface area contributed by atoms with Crippen molar-refractivity contribution in [2.24, 2.45) is 7.05 Å². The summed E-state index contributed by atoms with van der Waals surface area (Å²) in [6.07, 6.45) is 0.145. The van der Waals surface area contributed by atoms with Gasteiger partial charge in [0.15, 0.2) is 11.5 Å². The third-order valence-corrected chi connectivity index (χ3v) is 3.41. The molecule has 3 rings (SSSR count). The first-order valence-corrected chi connectivity index (χ1v) is 6.73. The molecule has 20 heavy (non-hydrogen) atoms. The molecule has 2 aromatic rings. The van der Waals surface area contributed by atoms with Gasteiger partial charge in [-0.2, -0.15) is 5.10 Å². The van der Waals surface area contributed by atoms with Crippen molar-refractivity contribution in [2.75, 3.05) is 13.2 Å². The van der Waals surface area contributed by atoms with Crippen LogP contribution in [0.4, 0.5) is 0 Å². The van der Waals surface area contributed by atoms with Crippen LogP contribution in [0, 0.1) is 6.92 Å². The zero-order valence-electron chi connectivity index (χ0n) is 11.7. The lowest BCUT2D eigenvalue weighted by Crippen LogP contribution is -2.07. The summed E-state index contributed by atoms with van der Waals surface area (Å²) in [7, 11) is 1.83. The second-order valence-electron chi connectivity index (χ2n) is 4.99. The number of aromatic nitrogens is 2. The Balaban J connectivity index is 1.94. The number of rotatable bonds is 2. The van der Waals surface area contributed by atoms with E-state index in [9.17, 15) is 5.11 Å². The zero-order chi connectivity index (χ0) is 14.1. The number of ether oxygens (including phenoxy) is 2. The number of aliphatic hydroxyl groups is 1. The van der Waals surface area contributed by atoms with Gasteiger partial charge in [-0.05, 0) is 30.7 Å². The molecule has 2 heterocycles. The molecule has 0 bridgehead atoms. The van der Waals surface area contributed by atoms with E-state index in [2.05, 4.69) is 5.10 Å². The fourth-order valence-electron chi connectivity index (χ4n) is 2.41. The van der Waals surface area contributed by atoms with Crippen LogP contribution in [0.3, 0.4) is 0 Å². The van der Waals surface area contributed by atoms with E-state index in [-0.39, 0.29) is 0 Å². The van der Waals surface area contributed by atoms with Gasteiger partial charge < -0.3 is 14.6 Å². The van der Waals surface area contributed by atoms with Gasteiger partial charge >= 0.3 is 0 Å².